The molecule has 22 heavy (non-hydrogen) atoms. The number of nitrogens with two attached hydrogens (primary N) is 1. The van der Waals surface area contributed by atoms with Crippen LogP contribution in [-0.2, 0) is 4.79 Å². The summed E-state index contributed by atoms with van der Waals surface area (Å²) < 4.78 is 5.28. The molecule has 0 spiro atoms. The lowest BCUT2D eigenvalue weighted by Gasteiger charge is -2.06. The van der Waals surface area contributed by atoms with E-state index in [-0.39, 0.29) is 5.91 Å². The van der Waals surface area contributed by atoms with E-state index < -0.39 is 0 Å². The lowest BCUT2D eigenvalue weighted by molar-refractivity contribution is -0.116. The summed E-state index contributed by atoms with van der Waals surface area (Å²) >= 11 is 1.48. The Kier molecular flexibility index (Phi) is 5.51. The van der Waals surface area contributed by atoms with Crippen molar-refractivity contribution in [2.75, 3.05) is 19.0 Å². The summed E-state index contributed by atoms with van der Waals surface area (Å²) in [4.78, 5) is 17.4. The standard InChI is InChI=1S/C16H21N3O2S/c1-10-9-12(6-7-13(10)21-3)15-11(2)22-16(19-15)18-14(20)5-4-8-17/h6-7,9H,4-5,8,17H2,1-3H3,(H,18,19,20). The van der Waals surface area contributed by atoms with Crippen molar-refractivity contribution in [1.82, 2.24) is 4.98 Å². The Morgan fingerprint density at radius 3 is 2.82 bits per heavy atom. The number of hydrogen-bond acceptors (Lipinski definition) is 5. The zero-order chi connectivity index (χ0) is 16.1. The second-order valence-corrected chi connectivity index (χ2v) is 6.25. The summed E-state index contributed by atoms with van der Waals surface area (Å²) in [6, 6.07) is 5.96. The average Bonchev–Trinajstić information content (AvgIpc) is 2.85. The van der Waals surface area contributed by atoms with Crippen LogP contribution < -0.4 is 15.8 Å². The van der Waals surface area contributed by atoms with Crippen LogP contribution in [0.2, 0.25) is 0 Å². The van der Waals surface area contributed by atoms with Crippen LogP contribution in [0.15, 0.2) is 18.2 Å². The molecule has 3 N–H and O–H groups in total. The summed E-state index contributed by atoms with van der Waals surface area (Å²) in [6.45, 7) is 4.52. The van der Waals surface area contributed by atoms with E-state index in [4.69, 9.17) is 10.5 Å². The lowest BCUT2D eigenvalue weighted by Crippen LogP contribution is -2.13. The molecule has 0 atom stereocenters. The SMILES string of the molecule is COc1ccc(-c2nc(NC(=O)CCCN)sc2C)cc1C. The maximum atomic E-state index is 11.7. The van der Waals surface area contributed by atoms with Gasteiger partial charge in [0.15, 0.2) is 5.13 Å². The van der Waals surface area contributed by atoms with Crippen molar-refractivity contribution in [2.24, 2.45) is 5.73 Å². The second kappa shape index (κ2) is 7.38. The first-order chi connectivity index (χ1) is 10.5. The first kappa shape index (κ1) is 16.5. The van der Waals surface area contributed by atoms with Crippen LogP contribution >= 0.6 is 11.3 Å². The number of aromatic nitrogens is 1. The third kappa shape index (κ3) is 3.84. The number of anilines is 1. The fourth-order valence-corrected chi connectivity index (χ4v) is 3.04. The first-order valence-electron chi connectivity index (χ1n) is 7.17. The van der Waals surface area contributed by atoms with Crippen LogP contribution in [-0.4, -0.2) is 24.5 Å². The molecule has 2 aromatic rings. The Labute approximate surface area is 134 Å². The van der Waals surface area contributed by atoms with E-state index in [0.29, 0.717) is 24.5 Å². The van der Waals surface area contributed by atoms with E-state index in [1.807, 2.05) is 32.0 Å². The summed E-state index contributed by atoms with van der Waals surface area (Å²) in [5, 5.41) is 3.46. The van der Waals surface area contributed by atoms with E-state index in [0.717, 1.165) is 27.4 Å². The Bertz CT molecular complexity index is 667. The average molecular weight is 319 g/mol. The minimum absolute atomic E-state index is 0.0448. The highest BCUT2D eigenvalue weighted by Gasteiger charge is 2.13. The molecule has 6 heteroatoms. The number of nitrogens with zero attached hydrogens (tertiary/aromatic N) is 1. The highest BCUT2D eigenvalue weighted by atomic mass is 32.1. The fraction of sp³-hybridized carbons (Fsp3) is 0.375. The van der Waals surface area contributed by atoms with Crippen molar-refractivity contribution in [3.63, 3.8) is 0 Å². The van der Waals surface area contributed by atoms with Gasteiger partial charge in [0.05, 0.1) is 12.8 Å². The van der Waals surface area contributed by atoms with Crippen LogP contribution in [0.4, 0.5) is 5.13 Å². The Hall–Kier alpha value is -1.92. The Morgan fingerprint density at radius 1 is 1.41 bits per heavy atom. The molecule has 0 aliphatic heterocycles. The highest BCUT2D eigenvalue weighted by Crippen LogP contribution is 2.32. The van der Waals surface area contributed by atoms with E-state index in [1.54, 1.807) is 7.11 Å². The van der Waals surface area contributed by atoms with Gasteiger partial charge in [0, 0.05) is 16.9 Å². The Balaban J connectivity index is 2.19. The molecule has 0 fully saturated rings. The van der Waals surface area contributed by atoms with Gasteiger partial charge in [0.25, 0.3) is 0 Å². The van der Waals surface area contributed by atoms with Crippen molar-refractivity contribution < 1.29 is 9.53 Å². The number of carbonyl (C=O) groups excluding carboxylic acids is 1. The van der Waals surface area contributed by atoms with Crippen LogP contribution in [0.3, 0.4) is 0 Å². The summed E-state index contributed by atoms with van der Waals surface area (Å²) in [5.74, 6) is 0.809. The van der Waals surface area contributed by atoms with Gasteiger partial charge in [-0.3, -0.25) is 4.79 Å². The fourth-order valence-electron chi connectivity index (χ4n) is 2.19. The van der Waals surface area contributed by atoms with E-state index >= 15 is 0 Å². The lowest BCUT2D eigenvalue weighted by atomic mass is 10.1. The molecule has 0 unspecified atom stereocenters. The van der Waals surface area contributed by atoms with E-state index in [1.165, 1.54) is 11.3 Å². The number of thiazole rings is 1. The predicted octanol–water partition coefficient (Wildman–Crippen LogP) is 3.11. The largest absolute Gasteiger partial charge is 0.496 e. The molecule has 0 bridgehead atoms. The number of carbonyl (C=O) groups is 1. The number of amides is 1. The van der Waals surface area contributed by atoms with Gasteiger partial charge in [-0.2, -0.15) is 0 Å². The smallest absolute Gasteiger partial charge is 0.226 e. The number of ether oxygens (including phenoxy) is 1. The first-order valence-corrected chi connectivity index (χ1v) is 7.99. The Morgan fingerprint density at radius 2 is 2.18 bits per heavy atom. The molecule has 118 valence electrons. The third-order valence-electron chi connectivity index (χ3n) is 3.32. The molecule has 1 heterocycles. The van der Waals surface area contributed by atoms with Crippen molar-refractivity contribution in [2.45, 2.75) is 26.7 Å². The molecule has 2 rings (SSSR count). The van der Waals surface area contributed by atoms with Gasteiger partial charge in [-0.1, -0.05) is 0 Å². The maximum absolute atomic E-state index is 11.7. The van der Waals surface area contributed by atoms with Gasteiger partial charge < -0.3 is 15.8 Å². The molecule has 0 aliphatic carbocycles. The number of rotatable bonds is 6. The molecule has 1 aromatic heterocycles. The zero-order valence-electron chi connectivity index (χ0n) is 13.1. The van der Waals surface area contributed by atoms with Gasteiger partial charge in [-0.05, 0) is 50.6 Å². The quantitative estimate of drug-likeness (QED) is 0.857. The minimum atomic E-state index is -0.0448. The molecule has 0 radical (unpaired) electrons. The molecular formula is C16H21N3O2S. The van der Waals surface area contributed by atoms with Crippen molar-refractivity contribution >= 4 is 22.4 Å². The van der Waals surface area contributed by atoms with Crippen LogP contribution in [0.25, 0.3) is 11.3 Å². The van der Waals surface area contributed by atoms with Crippen LogP contribution in [0.5, 0.6) is 5.75 Å². The van der Waals surface area contributed by atoms with Gasteiger partial charge in [0.1, 0.15) is 5.75 Å². The van der Waals surface area contributed by atoms with Crippen molar-refractivity contribution in [1.29, 1.82) is 0 Å². The number of nitrogens with one attached hydrogen (secondary N) is 1. The monoisotopic (exact) mass is 319 g/mol. The van der Waals surface area contributed by atoms with Gasteiger partial charge >= 0.3 is 0 Å². The number of hydrogen-bond donors (Lipinski definition) is 2. The molecule has 0 aliphatic rings. The van der Waals surface area contributed by atoms with Crippen molar-refractivity contribution in [3.05, 3.63) is 28.6 Å². The second-order valence-electron chi connectivity index (χ2n) is 5.05. The molecule has 5 nitrogen and oxygen atoms in total. The molecular weight excluding hydrogens is 298 g/mol. The summed E-state index contributed by atoms with van der Waals surface area (Å²) in [7, 11) is 1.66. The minimum Gasteiger partial charge on any atom is -0.496 e. The van der Waals surface area contributed by atoms with Crippen LogP contribution in [0.1, 0.15) is 23.3 Å². The van der Waals surface area contributed by atoms with Gasteiger partial charge in [0.2, 0.25) is 5.91 Å². The number of methoxy groups -OCH3 is 1. The van der Waals surface area contributed by atoms with E-state index in [2.05, 4.69) is 10.3 Å². The molecule has 0 saturated carbocycles. The van der Waals surface area contributed by atoms with Gasteiger partial charge in [-0.25, -0.2) is 4.98 Å². The predicted molar refractivity (Wildman–Crippen MR) is 90.5 cm³/mol. The highest BCUT2D eigenvalue weighted by molar-refractivity contribution is 7.16. The zero-order valence-corrected chi connectivity index (χ0v) is 13.9. The molecule has 1 amide bonds. The molecule has 0 saturated heterocycles. The maximum Gasteiger partial charge on any atom is 0.226 e. The van der Waals surface area contributed by atoms with Gasteiger partial charge in [-0.15, -0.1) is 11.3 Å². The molecule has 1 aromatic carbocycles. The van der Waals surface area contributed by atoms with E-state index in [9.17, 15) is 4.79 Å². The topological polar surface area (TPSA) is 77.2 Å². The third-order valence-corrected chi connectivity index (χ3v) is 4.21. The number of aryl methyl sites for hydroxylation is 2. The normalized spacial score (nSPS) is 10.5. The van der Waals surface area contributed by atoms with Crippen LogP contribution in [0, 0.1) is 13.8 Å². The summed E-state index contributed by atoms with van der Waals surface area (Å²) in [5.41, 5.74) is 8.38. The summed E-state index contributed by atoms with van der Waals surface area (Å²) in [6.07, 6.45) is 1.10. The van der Waals surface area contributed by atoms with Crippen molar-refractivity contribution in [3.8, 4) is 17.0 Å². The number of benzene rings is 1.